The predicted octanol–water partition coefficient (Wildman–Crippen LogP) is 5.12. The first-order valence-corrected chi connectivity index (χ1v) is 17.5. The largest absolute Gasteiger partial charge is 0.410 e. The Hall–Kier alpha value is -1.61. The van der Waals surface area contributed by atoms with E-state index >= 15 is 0 Å². The van der Waals surface area contributed by atoms with Gasteiger partial charge in [0.25, 0.3) is 0 Å². The van der Waals surface area contributed by atoms with Crippen LogP contribution in [0.4, 0.5) is 5.95 Å². The van der Waals surface area contributed by atoms with E-state index in [2.05, 4.69) is 41.0 Å². The minimum atomic E-state index is -3.41. The van der Waals surface area contributed by atoms with Crippen LogP contribution in [0.1, 0.15) is 74.5 Å². The summed E-state index contributed by atoms with van der Waals surface area (Å²) in [6, 6.07) is 0. The van der Waals surface area contributed by atoms with Gasteiger partial charge in [0.05, 0.1) is 12.9 Å². The fraction of sp³-hybridized carbons (Fsp3) is 0.741. The molecule has 11 nitrogen and oxygen atoms in total. The molecule has 230 valence electrons. The number of halogens is 1. The van der Waals surface area contributed by atoms with Crippen LogP contribution in [0.3, 0.4) is 0 Å². The highest BCUT2D eigenvalue weighted by atomic mass is 35.5. The summed E-state index contributed by atoms with van der Waals surface area (Å²) in [7, 11) is -1.90. The topological polar surface area (TPSA) is 138 Å². The van der Waals surface area contributed by atoms with Crippen LogP contribution in [0, 0.1) is 5.92 Å². The highest BCUT2D eigenvalue weighted by Crippen LogP contribution is 2.40. The molecule has 0 aliphatic carbocycles. The number of hydrogen-bond acceptors (Lipinski definition) is 10. The van der Waals surface area contributed by atoms with Gasteiger partial charge in [0.15, 0.2) is 17.0 Å². The minimum Gasteiger partial charge on any atom is -0.410 e. The van der Waals surface area contributed by atoms with Crippen molar-refractivity contribution in [1.29, 1.82) is 0 Å². The highest BCUT2D eigenvalue weighted by molar-refractivity contribution is 8.00. The number of anilines is 1. The lowest BCUT2D eigenvalue weighted by Gasteiger charge is -2.37. The number of carbonyl (C=O) groups excluding carboxylic acids is 2. The molecule has 1 fully saturated rings. The van der Waals surface area contributed by atoms with E-state index in [1.807, 2.05) is 32.5 Å². The van der Waals surface area contributed by atoms with E-state index in [1.54, 1.807) is 13.8 Å². The number of hydrogen-bond donors (Lipinski definition) is 2. The molecule has 0 radical (unpaired) electrons. The van der Waals surface area contributed by atoms with E-state index in [-0.39, 0.29) is 57.6 Å². The van der Waals surface area contributed by atoms with Crippen LogP contribution in [0.15, 0.2) is 6.33 Å². The third kappa shape index (κ3) is 7.87. The average molecular weight is 630 g/mol. The Bertz CT molecular complexity index is 1220. The van der Waals surface area contributed by atoms with Gasteiger partial charge in [0, 0.05) is 23.8 Å². The molecular weight excluding hydrogens is 586 g/mol. The Labute approximate surface area is 252 Å². The van der Waals surface area contributed by atoms with Gasteiger partial charge in [0.2, 0.25) is 17.6 Å². The molecule has 0 saturated carbocycles. The number of thioether (sulfide) groups is 1. The predicted molar refractivity (Wildman–Crippen MR) is 163 cm³/mol. The standard InChI is InChI=1S/C27H44ClN5O6SSi/c1-14(2)25(35)32-27-30-23(28)20-24(31-27)33(13-29-20)26-21(34)22(19(38-26)12-37-9)39-41(36,16(5)6)18(8)11-10-17(7)40-15(3)4/h13-19,22,26,36H,10-12H2,1-9H3,(H,30,31,32,35)/t17?,18?,19-,22-,26-,41?/m1/s1. The van der Waals surface area contributed by atoms with E-state index < -0.39 is 27.0 Å². The zero-order chi connectivity index (χ0) is 30.6. The molecule has 41 heavy (non-hydrogen) atoms. The van der Waals surface area contributed by atoms with E-state index in [1.165, 1.54) is 18.0 Å². The van der Waals surface area contributed by atoms with Crippen molar-refractivity contribution < 1.29 is 28.3 Å². The van der Waals surface area contributed by atoms with Gasteiger partial charge >= 0.3 is 8.56 Å². The molecule has 0 aromatic carbocycles. The fourth-order valence-electron chi connectivity index (χ4n) is 4.87. The zero-order valence-electron chi connectivity index (χ0n) is 25.4. The van der Waals surface area contributed by atoms with Crippen LogP contribution in [0.25, 0.3) is 11.2 Å². The Kier molecular flexibility index (Phi) is 11.8. The normalized spacial score (nSPS) is 22.6. The number of methoxy groups -OCH3 is 1. The number of Topliss-reactive ketones (excluding diaryl/α,β-unsaturated/α-hetero) is 1. The number of carbonyl (C=O) groups is 2. The molecule has 3 unspecified atom stereocenters. The number of amides is 1. The molecule has 2 N–H and O–H groups in total. The summed E-state index contributed by atoms with van der Waals surface area (Å²) in [5.74, 6) is -0.960. The smallest absolute Gasteiger partial charge is 0.341 e. The van der Waals surface area contributed by atoms with Gasteiger partial charge in [-0.15, -0.1) is 0 Å². The second-order valence-electron chi connectivity index (χ2n) is 11.6. The van der Waals surface area contributed by atoms with Crippen molar-refractivity contribution in [2.45, 2.75) is 108 Å². The molecule has 3 rings (SSSR count). The van der Waals surface area contributed by atoms with Crippen LogP contribution < -0.4 is 5.32 Å². The number of nitrogens with one attached hydrogen (secondary N) is 1. The van der Waals surface area contributed by atoms with Crippen LogP contribution in [0.5, 0.6) is 0 Å². The van der Waals surface area contributed by atoms with Crippen molar-refractivity contribution in [3.63, 3.8) is 0 Å². The molecule has 1 amide bonds. The molecule has 2 aromatic rings. The van der Waals surface area contributed by atoms with Crippen molar-refractivity contribution in [2.75, 3.05) is 19.0 Å². The van der Waals surface area contributed by atoms with Crippen molar-refractivity contribution in [3.8, 4) is 0 Å². The van der Waals surface area contributed by atoms with Crippen LogP contribution in [-0.4, -0.2) is 81.0 Å². The first-order valence-electron chi connectivity index (χ1n) is 14.1. The molecule has 1 saturated heterocycles. The van der Waals surface area contributed by atoms with Crippen LogP contribution in [0.2, 0.25) is 16.2 Å². The highest BCUT2D eigenvalue weighted by Gasteiger charge is 2.53. The van der Waals surface area contributed by atoms with E-state index in [0.29, 0.717) is 10.5 Å². The SMILES string of the molecule is COC[C@H]1O[C@@H](n2cnc3c(Cl)nc(NC(=O)C(C)C)nc32)C(=O)[C@@H]1O[Si](O)(C(C)C)C(C)CCC(C)SC(C)C. The summed E-state index contributed by atoms with van der Waals surface area (Å²) in [4.78, 5) is 50.9. The van der Waals surface area contributed by atoms with Gasteiger partial charge in [-0.2, -0.15) is 21.7 Å². The third-order valence-electron chi connectivity index (χ3n) is 7.25. The Morgan fingerprint density at radius 1 is 1.20 bits per heavy atom. The van der Waals surface area contributed by atoms with Gasteiger partial charge in [-0.05, 0) is 23.6 Å². The summed E-state index contributed by atoms with van der Waals surface area (Å²) < 4.78 is 19.4. The van der Waals surface area contributed by atoms with Crippen molar-refractivity contribution in [1.82, 2.24) is 19.5 Å². The summed E-state index contributed by atoms with van der Waals surface area (Å²) in [5.41, 5.74) is 0.211. The molecule has 1 aliphatic rings. The van der Waals surface area contributed by atoms with Crippen molar-refractivity contribution in [2.24, 2.45) is 5.92 Å². The second kappa shape index (κ2) is 14.2. The maximum Gasteiger partial charge on any atom is 0.341 e. The Morgan fingerprint density at radius 2 is 1.88 bits per heavy atom. The molecule has 1 aliphatic heterocycles. The van der Waals surface area contributed by atoms with Gasteiger partial charge < -0.3 is 18.7 Å². The van der Waals surface area contributed by atoms with Gasteiger partial charge in [-0.1, -0.05) is 67.0 Å². The number of aromatic nitrogens is 4. The average Bonchev–Trinajstić information content (AvgIpc) is 3.43. The van der Waals surface area contributed by atoms with Gasteiger partial charge in [-0.25, -0.2) is 4.98 Å². The summed E-state index contributed by atoms with van der Waals surface area (Å²) in [6.45, 7) is 16.0. The maximum atomic E-state index is 13.9. The maximum absolute atomic E-state index is 13.9. The van der Waals surface area contributed by atoms with Crippen LogP contribution in [-0.2, 0) is 23.5 Å². The lowest BCUT2D eigenvalue weighted by molar-refractivity contribution is -0.130. The van der Waals surface area contributed by atoms with E-state index in [9.17, 15) is 14.4 Å². The number of imidazole rings is 1. The van der Waals surface area contributed by atoms with Crippen LogP contribution >= 0.6 is 23.4 Å². The minimum absolute atomic E-state index is 0.00471. The second-order valence-corrected chi connectivity index (χ2v) is 17.9. The zero-order valence-corrected chi connectivity index (χ0v) is 28.0. The molecule has 6 atom stereocenters. The lowest BCUT2D eigenvalue weighted by atomic mass is 10.1. The first-order chi connectivity index (χ1) is 19.2. The molecule has 3 heterocycles. The molecule has 0 spiro atoms. The monoisotopic (exact) mass is 629 g/mol. The summed E-state index contributed by atoms with van der Waals surface area (Å²) in [5, 5.41) is 3.63. The Balaban J connectivity index is 1.90. The van der Waals surface area contributed by atoms with Crippen molar-refractivity contribution >= 4 is 60.7 Å². The van der Waals surface area contributed by atoms with E-state index in [4.69, 9.17) is 25.5 Å². The Morgan fingerprint density at radius 3 is 2.46 bits per heavy atom. The van der Waals surface area contributed by atoms with Crippen molar-refractivity contribution in [3.05, 3.63) is 11.5 Å². The number of ketones is 1. The van der Waals surface area contributed by atoms with Gasteiger partial charge in [0.1, 0.15) is 17.7 Å². The number of nitrogens with zero attached hydrogens (tertiary/aromatic N) is 4. The third-order valence-corrected chi connectivity index (χ3v) is 12.7. The quantitative estimate of drug-likeness (QED) is 0.214. The first kappa shape index (κ1) is 33.9. The number of rotatable bonds is 14. The molecule has 2 aromatic heterocycles. The number of ether oxygens (including phenoxy) is 2. The lowest BCUT2D eigenvalue weighted by Crippen LogP contribution is -2.52. The van der Waals surface area contributed by atoms with Gasteiger partial charge in [-0.3, -0.25) is 19.5 Å². The molecule has 0 bridgehead atoms. The summed E-state index contributed by atoms with van der Waals surface area (Å²) in [6.07, 6.45) is 0.177. The number of fused-ring (bicyclic) bond motifs is 1. The molecule has 14 heteroatoms. The fourth-order valence-corrected chi connectivity index (χ4v) is 9.18. The van der Waals surface area contributed by atoms with E-state index in [0.717, 1.165) is 12.8 Å². The molecular formula is C27H44ClN5O6SSi. The summed E-state index contributed by atoms with van der Waals surface area (Å²) >= 11 is 8.26.